The number of aliphatic hydroxyl groups excluding tert-OH is 1. The van der Waals surface area contributed by atoms with Crippen molar-refractivity contribution in [1.29, 1.82) is 0 Å². The molecule has 0 aromatic heterocycles. The second-order valence-corrected chi connectivity index (χ2v) is 6.70. The second-order valence-electron chi connectivity index (χ2n) is 6.70. The molecule has 0 fully saturated rings. The van der Waals surface area contributed by atoms with Gasteiger partial charge in [0.2, 0.25) is 5.91 Å². The van der Waals surface area contributed by atoms with Crippen molar-refractivity contribution in [2.24, 2.45) is 5.73 Å². The molecule has 0 aliphatic carbocycles. The van der Waals surface area contributed by atoms with Crippen LogP contribution in [0, 0.1) is 13.8 Å². The Balaban J connectivity index is 1.72. The van der Waals surface area contributed by atoms with Gasteiger partial charge in [0, 0.05) is 18.2 Å². The summed E-state index contributed by atoms with van der Waals surface area (Å²) in [7, 11) is 0. The maximum Gasteiger partial charge on any atom is 0.248 e. The first kappa shape index (κ1) is 20.7. The minimum Gasteiger partial charge on any atom is -0.492 e. The molecule has 0 radical (unpaired) electrons. The predicted octanol–water partition coefficient (Wildman–Crippen LogP) is 2.20. The second kappa shape index (κ2) is 9.94. The predicted molar refractivity (Wildman–Crippen MR) is 105 cm³/mol. The summed E-state index contributed by atoms with van der Waals surface area (Å²) < 4.78 is 11.4. The van der Waals surface area contributed by atoms with Crippen molar-refractivity contribution < 1.29 is 19.4 Å². The Kier molecular flexibility index (Phi) is 7.64. The van der Waals surface area contributed by atoms with Crippen LogP contribution in [0.1, 0.15) is 28.4 Å². The third-order valence-electron chi connectivity index (χ3n) is 4.18. The van der Waals surface area contributed by atoms with Gasteiger partial charge in [0.05, 0.1) is 0 Å². The molecule has 6 heteroatoms. The van der Waals surface area contributed by atoms with Crippen LogP contribution in [0.3, 0.4) is 0 Å². The van der Waals surface area contributed by atoms with E-state index < -0.39 is 12.0 Å². The van der Waals surface area contributed by atoms with Gasteiger partial charge in [-0.1, -0.05) is 18.2 Å². The molecule has 1 amide bonds. The van der Waals surface area contributed by atoms with Crippen molar-refractivity contribution in [3.05, 3.63) is 59.2 Å². The minimum absolute atomic E-state index is 0.0355. The molecule has 6 nitrogen and oxygen atoms in total. The van der Waals surface area contributed by atoms with Crippen molar-refractivity contribution in [1.82, 2.24) is 5.32 Å². The topological polar surface area (TPSA) is 93.8 Å². The lowest BCUT2D eigenvalue weighted by molar-refractivity contribution is 0.1000. The summed E-state index contributed by atoms with van der Waals surface area (Å²) in [5.74, 6) is 1.03. The third-order valence-corrected chi connectivity index (χ3v) is 4.18. The lowest BCUT2D eigenvalue weighted by Gasteiger charge is -2.19. The fraction of sp³-hybridized carbons (Fsp3) is 0.381. The first-order valence-electron chi connectivity index (χ1n) is 9.00. The van der Waals surface area contributed by atoms with E-state index in [4.69, 9.17) is 15.2 Å². The Morgan fingerprint density at radius 2 is 1.74 bits per heavy atom. The van der Waals surface area contributed by atoms with Crippen molar-refractivity contribution in [3.63, 3.8) is 0 Å². The van der Waals surface area contributed by atoms with Crippen LogP contribution in [0.25, 0.3) is 0 Å². The zero-order valence-electron chi connectivity index (χ0n) is 16.1. The summed E-state index contributed by atoms with van der Waals surface area (Å²) >= 11 is 0. The number of aliphatic hydroxyl groups is 1. The third kappa shape index (κ3) is 6.58. The standard InChI is InChI=1S/C21H28N2O4/c1-14-6-4-5-7-19(14)27-13-18(24)11-23-16(3)12-26-20-9-8-17(21(22)25)10-15(20)2/h4-10,16,18,23-24H,11-13H2,1-3H3,(H2,22,25). The molecule has 27 heavy (non-hydrogen) atoms. The monoisotopic (exact) mass is 372 g/mol. The Bertz CT molecular complexity index is 764. The van der Waals surface area contributed by atoms with Gasteiger partial charge in [-0.2, -0.15) is 0 Å². The number of benzene rings is 2. The first-order chi connectivity index (χ1) is 12.9. The van der Waals surface area contributed by atoms with E-state index in [0.29, 0.717) is 24.5 Å². The van der Waals surface area contributed by atoms with E-state index in [0.717, 1.165) is 16.9 Å². The van der Waals surface area contributed by atoms with Gasteiger partial charge < -0.3 is 25.6 Å². The van der Waals surface area contributed by atoms with E-state index in [1.165, 1.54) is 0 Å². The van der Waals surface area contributed by atoms with Crippen LogP contribution in [0.5, 0.6) is 11.5 Å². The highest BCUT2D eigenvalue weighted by Gasteiger charge is 2.11. The quantitative estimate of drug-likeness (QED) is 0.594. The molecule has 2 aromatic rings. The molecule has 146 valence electrons. The van der Waals surface area contributed by atoms with Crippen LogP contribution in [-0.4, -0.2) is 42.9 Å². The number of hydrogen-bond donors (Lipinski definition) is 3. The Labute approximate surface area is 160 Å². The molecule has 2 atom stereocenters. The molecule has 2 rings (SSSR count). The number of carbonyl (C=O) groups is 1. The van der Waals surface area contributed by atoms with Crippen LogP contribution in [0.15, 0.2) is 42.5 Å². The summed E-state index contributed by atoms with van der Waals surface area (Å²) in [5.41, 5.74) is 7.62. The molecule has 2 aromatic carbocycles. The first-order valence-corrected chi connectivity index (χ1v) is 9.00. The van der Waals surface area contributed by atoms with Crippen molar-refractivity contribution >= 4 is 5.91 Å². The highest BCUT2D eigenvalue weighted by Crippen LogP contribution is 2.19. The fourth-order valence-electron chi connectivity index (χ4n) is 2.54. The summed E-state index contributed by atoms with van der Waals surface area (Å²) in [6, 6.07) is 12.9. The Morgan fingerprint density at radius 1 is 1.07 bits per heavy atom. The number of nitrogens with one attached hydrogen (secondary N) is 1. The van der Waals surface area contributed by atoms with Crippen molar-refractivity contribution in [3.8, 4) is 11.5 Å². The van der Waals surface area contributed by atoms with E-state index in [2.05, 4.69) is 5.32 Å². The molecule has 0 heterocycles. The van der Waals surface area contributed by atoms with Crippen LogP contribution < -0.4 is 20.5 Å². The lowest BCUT2D eigenvalue weighted by atomic mass is 10.1. The van der Waals surface area contributed by atoms with E-state index in [1.807, 2.05) is 45.0 Å². The van der Waals surface area contributed by atoms with Gasteiger partial charge in [0.1, 0.15) is 30.8 Å². The molecule has 0 saturated carbocycles. The van der Waals surface area contributed by atoms with Crippen LogP contribution in [0.4, 0.5) is 0 Å². The zero-order valence-corrected chi connectivity index (χ0v) is 16.1. The molecule has 2 unspecified atom stereocenters. The number of amides is 1. The average Bonchev–Trinajstić information content (AvgIpc) is 2.64. The van der Waals surface area contributed by atoms with Gasteiger partial charge >= 0.3 is 0 Å². The van der Waals surface area contributed by atoms with Gasteiger partial charge in [-0.3, -0.25) is 4.79 Å². The number of para-hydroxylation sites is 1. The summed E-state index contributed by atoms with van der Waals surface area (Å²) in [6.07, 6.45) is -0.622. The molecule has 0 saturated heterocycles. The van der Waals surface area contributed by atoms with Gasteiger partial charge in [-0.25, -0.2) is 0 Å². The van der Waals surface area contributed by atoms with Crippen molar-refractivity contribution in [2.45, 2.75) is 32.9 Å². The number of aryl methyl sites for hydroxylation is 2. The molecule has 0 spiro atoms. The number of ether oxygens (including phenoxy) is 2. The highest BCUT2D eigenvalue weighted by molar-refractivity contribution is 5.93. The molecule has 0 aliphatic rings. The molecular weight excluding hydrogens is 344 g/mol. The van der Waals surface area contributed by atoms with Gasteiger partial charge in [-0.05, 0) is 56.2 Å². The van der Waals surface area contributed by atoms with E-state index in [1.54, 1.807) is 18.2 Å². The number of rotatable bonds is 10. The summed E-state index contributed by atoms with van der Waals surface area (Å²) in [6.45, 7) is 6.86. The van der Waals surface area contributed by atoms with Gasteiger partial charge in [0.25, 0.3) is 0 Å². The summed E-state index contributed by atoms with van der Waals surface area (Å²) in [4.78, 5) is 11.2. The van der Waals surface area contributed by atoms with Crippen LogP contribution >= 0.6 is 0 Å². The molecule has 0 bridgehead atoms. The maximum absolute atomic E-state index is 11.2. The molecule has 0 aliphatic heterocycles. The van der Waals surface area contributed by atoms with Gasteiger partial charge in [0.15, 0.2) is 0 Å². The van der Waals surface area contributed by atoms with E-state index in [9.17, 15) is 9.90 Å². The highest BCUT2D eigenvalue weighted by atomic mass is 16.5. The number of primary amides is 1. The number of hydrogen-bond acceptors (Lipinski definition) is 5. The average molecular weight is 372 g/mol. The molecular formula is C21H28N2O4. The van der Waals surface area contributed by atoms with Crippen LogP contribution in [-0.2, 0) is 0 Å². The number of nitrogens with two attached hydrogens (primary N) is 1. The largest absolute Gasteiger partial charge is 0.492 e. The Hall–Kier alpha value is -2.57. The molecule has 4 N–H and O–H groups in total. The number of carbonyl (C=O) groups excluding carboxylic acids is 1. The zero-order chi connectivity index (χ0) is 19.8. The van der Waals surface area contributed by atoms with Crippen LogP contribution in [0.2, 0.25) is 0 Å². The normalized spacial score (nSPS) is 13.0. The maximum atomic E-state index is 11.2. The van der Waals surface area contributed by atoms with Gasteiger partial charge in [-0.15, -0.1) is 0 Å². The summed E-state index contributed by atoms with van der Waals surface area (Å²) in [5, 5.41) is 13.3. The van der Waals surface area contributed by atoms with E-state index in [-0.39, 0.29) is 12.6 Å². The van der Waals surface area contributed by atoms with E-state index >= 15 is 0 Å². The SMILES string of the molecule is Cc1ccccc1OCC(O)CNC(C)COc1ccc(C(N)=O)cc1C. The fourth-order valence-corrected chi connectivity index (χ4v) is 2.54. The lowest BCUT2D eigenvalue weighted by Crippen LogP contribution is -2.39. The smallest absolute Gasteiger partial charge is 0.248 e. The minimum atomic E-state index is -0.622. The van der Waals surface area contributed by atoms with Crippen molar-refractivity contribution in [2.75, 3.05) is 19.8 Å². The Morgan fingerprint density at radius 3 is 2.41 bits per heavy atom.